The van der Waals surface area contributed by atoms with Gasteiger partial charge in [-0.3, -0.25) is 0 Å². The maximum atomic E-state index is 14.0. The monoisotopic (exact) mass is 297 g/mol. The van der Waals surface area contributed by atoms with E-state index in [0.717, 1.165) is 5.56 Å². The molecule has 0 bridgehead atoms. The minimum absolute atomic E-state index is 0.0496. The van der Waals surface area contributed by atoms with Crippen LogP contribution in [0.4, 0.5) is 9.18 Å². The lowest BCUT2D eigenvalue weighted by atomic mass is 10.0. The number of ether oxygens (including phenoxy) is 3. The molecule has 0 saturated carbocycles. The van der Waals surface area contributed by atoms with Gasteiger partial charge in [-0.25, -0.2) is 9.18 Å². The summed E-state index contributed by atoms with van der Waals surface area (Å²) in [6, 6.07) is 9.34. The van der Waals surface area contributed by atoms with Crippen molar-refractivity contribution in [3.05, 3.63) is 35.9 Å². The average molecular weight is 297 g/mol. The molecule has 1 amide bonds. The van der Waals surface area contributed by atoms with E-state index in [1.807, 2.05) is 30.3 Å². The first kappa shape index (κ1) is 15.7. The van der Waals surface area contributed by atoms with E-state index in [2.05, 4.69) is 0 Å². The van der Waals surface area contributed by atoms with Crippen LogP contribution in [0.2, 0.25) is 0 Å². The number of piperidine rings is 1. The van der Waals surface area contributed by atoms with Gasteiger partial charge in [-0.1, -0.05) is 30.3 Å². The molecule has 0 aliphatic carbocycles. The van der Waals surface area contributed by atoms with E-state index >= 15 is 0 Å². The average Bonchev–Trinajstić information content (AvgIpc) is 2.52. The summed E-state index contributed by atoms with van der Waals surface area (Å²) in [5.41, 5.74) is 0.887. The van der Waals surface area contributed by atoms with Crippen molar-refractivity contribution in [2.75, 3.05) is 27.3 Å². The minimum Gasteiger partial charge on any atom is -0.445 e. The molecule has 116 valence electrons. The van der Waals surface area contributed by atoms with Gasteiger partial charge in [0.2, 0.25) is 0 Å². The van der Waals surface area contributed by atoms with Gasteiger partial charge in [0.1, 0.15) is 25.0 Å². The second kappa shape index (κ2) is 7.38. The van der Waals surface area contributed by atoms with Crippen molar-refractivity contribution in [2.45, 2.75) is 25.0 Å². The van der Waals surface area contributed by atoms with Crippen LogP contribution < -0.4 is 0 Å². The van der Waals surface area contributed by atoms with Crippen LogP contribution in [-0.4, -0.2) is 56.7 Å². The van der Waals surface area contributed by atoms with Gasteiger partial charge in [0.25, 0.3) is 0 Å². The Balaban J connectivity index is 1.90. The minimum atomic E-state index is -1.29. The largest absolute Gasteiger partial charge is 0.445 e. The Morgan fingerprint density at radius 2 is 1.95 bits per heavy atom. The van der Waals surface area contributed by atoms with Crippen LogP contribution >= 0.6 is 0 Å². The summed E-state index contributed by atoms with van der Waals surface area (Å²) in [6.07, 6.45) is -2.99. The molecule has 0 aromatic heterocycles. The third kappa shape index (κ3) is 3.92. The fourth-order valence-electron chi connectivity index (χ4n) is 2.41. The number of methoxy groups -OCH3 is 2. The topological polar surface area (TPSA) is 48.0 Å². The second-order valence-corrected chi connectivity index (χ2v) is 4.94. The van der Waals surface area contributed by atoms with E-state index in [1.54, 1.807) is 0 Å². The molecule has 1 saturated heterocycles. The standard InChI is InChI=1S/C15H20FNO4/c1-19-13-9-17(8-12(16)14(13)20-2)15(18)21-10-11-6-4-3-5-7-11/h3-7,12-14H,8-10H2,1-2H3/t12-,13+,14-/m0/s1. The molecule has 21 heavy (non-hydrogen) atoms. The SMILES string of the molecule is CO[C@H]1[C@@H](F)CN(C(=O)OCc2ccccc2)C[C@H]1OC. The molecular formula is C15H20FNO4. The molecular weight excluding hydrogens is 277 g/mol. The van der Waals surface area contributed by atoms with E-state index in [9.17, 15) is 9.18 Å². The number of alkyl halides is 1. The Bertz CT molecular complexity index is 456. The fraction of sp³-hybridized carbons (Fsp3) is 0.533. The molecule has 6 heteroatoms. The van der Waals surface area contributed by atoms with Crippen molar-refractivity contribution in [3.8, 4) is 0 Å². The predicted octanol–water partition coefficient (Wildman–Crippen LogP) is 2.01. The van der Waals surface area contributed by atoms with Crippen molar-refractivity contribution < 1.29 is 23.4 Å². The van der Waals surface area contributed by atoms with E-state index in [0.29, 0.717) is 0 Å². The van der Waals surface area contributed by atoms with Crippen LogP contribution in [-0.2, 0) is 20.8 Å². The number of hydrogen-bond acceptors (Lipinski definition) is 4. The Morgan fingerprint density at radius 3 is 2.57 bits per heavy atom. The van der Waals surface area contributed by atoms with Crippen molar-refractivity contribution in [1.82, 2.24) is 4.90 Å². The zero-order valence-electron chi connectivity index (χ0n) is 12.2. The van der Waals surface area contributed by atoms with Crippen LogP contribution in [0.1, 0.15) is 5.56 Å². The lowest BCUT2D eigenvalue weighted by Gasteiger charge is -2.38. The normalized spacial score (nSPS) is 25.7. The number of carbonyl (C=O) groups excluding carboxylic acids is 1. The molecule has 2 rings (SSSR count). The smallest absolute Gasteiger partial charge is 0.410 e. The maximum Gasteiger partial charge on any atom is 0.410 e. The molecule has 1 heterocycles. The van der Waals surface area contributed by atoms with Crippen LogP contribution in [0.5, 0.6) is 0 Å². The zero-order valence-corrected chi connectivity index (χ0v) is 12.2. The van der Waals surface area contributed by atoms with Gasteiger partial charge in [0.05, 0.1) is 13.1 Å². The van der Waals surface area contributed by atoms with E-state index < -0.39 is 24.5 Å². The lowest BCUT2D eigenvalue weighted by molar-refractivity contribution is -0.111. The molecule has 0 radical (unpaired) electrons. The van der Waals surface area contributed by atoms with E-state index in [-0.39, 0.29) is 19.7 Å². The highest BCUT2D eigenvalue weighted by atomic mass is 19.1. The summed E-state index contributed by atoms with van der Waals surface area (Å²) in [6.45, 7) is 0.369. The summed E-state index contributed by atoms with van der Waals surface area (Å²) >= 11 is 0. The highest BCUT2D eigenvalue weighted by Gasteiger charge is 2.39. The Hall–Kier alpha value is -1.66. The summed E-state index contributed by atoms with van der Waals surface area (Å²) in [5, 5.41) is 0. The van der Waals surface area contributed by atoms with Crippen LogP contribution in [0.25, 0.3) is 0 Å². The molecule has 3 atom stereocenters. The van der Waals surface area contributed by atoms with Crippen molar-refractivity contribution in [3.63, 3.8) is 0 Å². The van der Waals surface area contributed by atoms with Gasteiger partial charge < -0.3 is 19.1 Å². The fourth-order valence-corrected chi connectivity index (χ4v) is 2.41. The summed E-state index contributed by atoms with van der Waals surface area (Å²) < 4.78 is 29.5. The Kier molecular flexibility index (Phi) is 5.52. The molecule has 1 aliphatic heterocycles. The number of amides is 1. The van der Waals surface area contributed by atoms with Gasteiger partial charge in [-0.2, -0.15) is 0 Å². The molecule has 1 aromatic carbocycles. The molecule has 5 nitrogen and oxygen atoms in total. The van der Waals surface area contributed by atoms with Gasteiger partial charge in [0, 0.05) is 14.2 Å². The molecule has 0 spiro atoms. The third-order valence-corrected chi connectivity index (χ3v) is 3.56. The molecule has 1 aromatic rings. The molecule has 0 N–H and O–H groups in total. The van der Waals surface area contributed by atoms with Gasteiger partial charge >= 0.3 is 6.09 Å². The second-order valence-electron chi connectivity index (χ2n) is 4.94. The van der Waals surface area contributed by atoms with E-state index in [4.69, 9.17) is 14.2 Å². The highest BCUT2D eigenvalue weighted by Crippen LogP contribution is 2.20. The quantitative estimate of drug-likeness (QED) is 0.853. The van der Waals surface area contributed by atoms with Crippen LogP contribution in [0, 0.1) is 0 Å². The number of rotatable bonds is 4. The van der Waals surface area contributed by atoms with Crippen molar-refractivity contribution in [2.24, 2.45) is 0 Å². The van der Waals surface area contributed by atoms with Crippen LogP contribution in [0.15, 0.2) is 30.3 Å². The number of halogens is 1. The Morgan fingerprint density at radius 1 is 1.24 bits per heavy atom. The van der Waals surface area contributed by atoms with Gasteiger partial charge in [0.15, 0.2) is 0 Å². The lowest BCUT2D eigenvalue weighted by Crippen LogP contribution is -2.56. The predicted molar refractivity (Wildman–Crippen MR) is 74.7 cm³/mol. The third-order valence-electron chi connectivity index (χ3n) is 3.56. The summed E-state index contributed by atoms with van der Waals surface area (Å²) in [4.78, 5) is 13.3. The molecule has 1 fully saturated rings. The first-order chi connectivity index (χ1) is 10.2. The summed E-state index contributed by atoms with van der Waals surface area (Å²) in [5.74, 6) is 0. The maximum absolute atomic E-state index is 14.0. The Labute approximate surface area is 123 Å². The number of likely N-dealkylation sites (tertiary alicyclic amines) is 1. The first-order valence-corrected chi connectivity index (χ1v) is 6.81. The number of carbonyl (C=O) groups is 1. The summed E-state index contributed by atoms with van der Waals surface area (Å²) in [7, 11) is 2.91. The molecule has 0 unspecified atom stereocenters. The number of nitrogens with zero attached hydrogens (tertiary/aromatic N) is 1. The first-order valence-electron chi connectivity index (χ1n) is 6.81. The number of hydrogen-bond donors (Lipinski definition) is 0. The highest BCUT2D eigenvalue weighted by molar-refractivity contribution is 5.68. The van der Waals surface area contributed by atoms with Crippen molar-refractivity contribution >= 4 is 6.09 Å². The van der Waals surface area contributed by atoms with E-state index in [1.165, 1.54) is 19.1 Å². The number of benzene rings is 1. The van der Waals surface area contributed by atoms with Gasteiger partial charge in [-0.15, -0.1) is 0 Å². The zero-order chi connectivity index (χ0) is 15.2. The molecule has 1 aliphatic rings. The van der Waals surface area contributed by atoms with Crippen molar-refractivity contribution in [1.29, 1.82) is 0 Å². The van der Waals surface area contributed by atoms with Gasteiger partial charge in [-0.05, 0) is 5.56 Å². The van der Waals surface area contributed by atoms with Crippen LogP contribution in [0.3, 0.4) is 0 Å².